The molecule has 0 unspecified atom stereocenters. The van der Waals surface area contributed by atoms with E-state index in [2.05, 4.69) is 4.90 Å². The summed E-state index contributed by atoms with van der Waals surface area (Å²) in [6.45, 7) is 1.87. The molecule has 1 fully saturated rings. The Morgan fingerprint density at radius 2 is 1.82 bits per heavy atom. The summed E-state index contributed by atoms with van der Waals surface area (Å²) >= 11 is 0. The molecule has 0 bridgehead atoms. The normalized spacial score (nSPS) is 16.6. The van der Waals surface area contributed by atoms with Crippen molar-refractivity contribution in [2.45, 2.75) is 25.7 Å². The Balaban J connectivity index is 2.32. The number of nitrogens with two attached hydrogens (primary N) is 1. The van der Waals surface area contributed by atoms with E-state index in [1.807, 2.05) is 6.07 Å². The van der Waals surface area contributed by atoms with Gasteiger partial charge in [-0.25, -0.2) is 4.79 Å². The van der Waals surface area contributed by atoms with E-state index in [4.69, 9.17) is 5.73 Å². The van der Waals surface area contributed by atoms with E-state index in [0.717, 1.165) is 31.6 Å². The van der Waals surface area contributed by atoms with Gasteiger partial charge in [-0.15, -0.1) is 0 Å². The smallest absolute Gasteiger partial charge is 0.337 e. The number of anilines is 2. The minimum Gasteiger partial charge on any atom is -0.478 e. The van der Waals surface area contributed by atoms with Gasteiger partial charge in [0.2, 0.25) is 0 Å². The minimum atomic E-state index is -0.906. The second-order valence-electron chi connectivity index (χ2n) is 4.48. The summed E-state index contributed by atoms with van der Waals surface area (Å²) in [5, 5.41) is 9.21. The number of hydrogen-bond donors (Lipinski definition) is 2. The second kappa shape index (κ2) is 5.08. The average molecular weight is 234 g/mol. The van der Waals surface area contributed by atoms with Gasteiger partial charge in [-0.3, -0.25) is 0 Å². The predicted octanol–water partition coefficient (Wildman–Crippen LogP) is 2.35. The van der Waals surface area contributed by atoms with Gasteiger partial charge in [0.15, 0.2) is 0 Å². The topological polar surface area (TPSA) is 66.6 Å². The average Bonchev–Trinajstić information content (AvgIpc) is 2.57. The molecule has 3 N–H and O–H groups in total. The number of rotatable bonds is 2. The van der Waals surface area contributed by atoms with Gasteiger partial charge in [-0.05, 0) is 31.0 Å². The lowest BCUT2D eigenvalue weighted by Crippen LogP contribution is -2.26. The van der Waals surface area contributed by atoms with Gasteiger partial charge in [-0.1, -0.05) is 12.8 Å². The Hall–Kier alpha value is -1.71. The maximum atomic E-state index is 11.2. The Kier molecular flexibility index (Phi) is 3.52. The summed E-state index contributed by atoms with van der Waals surface area (Å²) in [5.74, 6) is -0.906. The fraction of sp³-hybridized carbons (Fsp3) is 0.462. The van der Waals surface area contributed by atoms with Crippen molar-refractivity contribution in [2.24, 2.45) is 0 Å². The maximum absolute atomic E-state index is 11.2. The first-order chi connectivity index (χ1) is 8.18. The van der Waals surface area contributed by atoms with Crippen molar-refractivity contribution >= 4 is 17.3 Å². The highest BCUT2D eigenvalue weighted by Crippen LogP contribution is 2.25. The summed E-state index contributed by atoms with van der Waals surface area (Å²) < 4.78 is 0. The summed E-state index contributed by atoms with van der Waals surface area (Å²) in [7, 11) is 0. The molecular formula is C13H18N2O2. The standard InChI is InChI=1S/C13H18N2O2/c14-10-5-6-12(11(9-10)13(16)17)15-7-3-1-2-4-8-15/h5-6,9H,1-4,7-8,14H2,(H,16,17). The summed E-state index contributed by atoms with van der Waals surface area (Å²) in [6, 6.07) is 5.14. The fourth-order valence-corrected chi connectivity index (χ4v) is 2.31. The number of carboxylic acid groups (broad SMARTS) is 1. The van der Waals surface area contributed by atoms with Crippen molar-refractivity contribution in [1.82, 2.24) is 0 Å². The van der Waals surface area contributed by atoms with Crippen LogP contribution in [0.25, 0.3) is 0 Å². The van der Waals surface area contributed by atoms with E-state index in [1.165, 1.54) is 12.8 Å². The zero-order chi connectivity index (χ0) is 12.3. The molecule has 0 radical (unpaired) electrons. The van der Waals surface area contributed by atoms with Crippen LogP contribution in [0.1, 0.15) is 36.0 Å². The zero-order valence-corrected chi connectivity index (χ0v) is 9.85. The Morgan fingerprint density at radius 3 is 2.41 bits per heavy atom. The molecular weight excluding hydrogens is 216 g/mol. The highest BCUT2D eigenvalue weighted by molar-refractivity contribution is 5.95. The van der Waals surface area contributed by atoms with Crippen LogP contribution in [0.2, 0.25) is 0 Å². The van der Waals surface area contributed by atoms with Crippen LogP contribution in [0.4, 0.5) is 11.4 Å². The van der Waals surface area contributed by atoms with Crippen molar-refractivity contribution in [2.75, 3.05) is 23.7 Å². The van der Waals surface area contributed by atoms with Gasteiger partial charge >= 0.3 is 5.97 Å². The molecule has 1 aliphatic rings. The Bertz CT molecular complexity index is 410. The summed E-state index contributed by atoms with van der Waals surface area (Å²) in [5.41, 5.74) is 7.26. The van der Waals surface area contributed by atoms with Crippen molar-refractivity contribution < 1.29 is 9.90 Å². The first-order valence-corrected chi connectivity index (χ1v) is 6.06. The molecule has 0 saturated carbocycles. The predicted molar refractivity (Wildman–Crippen MR) is 68.5 cm³/mol. The molecule has 1 aromatic carbocycles. The molecule has 92 valence electrons. The van der Waals surface area contributed by atoms with E-state index in [9.17, 15) is 9.90 Å². The van der Waals surface area contributed by atoms with Crippen molar-refractivity contribution in [3.63, 3.8) is 0 Å². The van der Waals surface area contributed by atoms with Crippen LogP contribution < -0.4 is 10.6 Å². The minimum absolute atomic E-state index is 0.312. The van der Waals surface area contributed by atoms with Gasteiger partial charge in [0.25, 0.3) is 0 Å². The maximum Gasteiger partial charge on any atom is 0.337 e. The largest absolute Gasteiger partial charge is 0.478 e. The monoisotopic (exact) mass is 234 g/mol. The number of nitrogens with zero attached hydrogens (tertiary/aromatic N) is 1. The van der Waals surface area contributed by atoms with E-state index in [-0.39, 0.29) is 0 Å². The molecule has 0 atom stereocenters. The third-order valence-corrected chi connectivity index (χ3v) is 3.20. The van der Waals surface area contributed by atoms with Crippen LogP contribution in [0.3, 0.4) is 0 Å². The van der Waals surface area contributed by atoms with Gasteiger partial charge in [-0.2, -0.15) is 0 Å². The zero-order valence-electron chi connectivity index (χ0n) is 9.85. The summed E-state index contributed by atoms with van der Waals surface area (Å²) in [6.07, 6.45) is 4.72. The molecule has 0 aliphatic carbocycles. The number of benzene rings is 1. The molecule has 0 spiro atoms. The van der Waals surface area contributed by atoms with Gasteiger partial charge in [0.1, 0.15) is 0 Å². The number of carbonyl (C=O) groups is 1. The first-order valence-electron chi connectivity index (χ1n) is 6.06. The van der Waals surface area contributed by atoms with E-state index >= 15 is 0 Å². The molecule has 1 aliphatic heterocycles. The Labute approximate surface area is 101 Å². The van der Waals surface area contributed by atoms with Crippen LogP contribution >= 0.6 is 0 Å². The third kappa shape index (κ3) is 2.70. The molecule has 1 aromatic rings. The molecule has 1 heterocycles. The number of nitrogen functional groups attached to an aromatic ring is 1. The summed E-state index contributed by atoms with van der Waals surface area (Å²) in [4.78, 5) is 13.4. The molecule has 1 saturated heterocycles. The highest BCUT2D eigenvalue weighted by atomic mass is 16.4. The Morgan fingerprint density at radius 1 is 1.18 bits per heavy atom. The second-order valence-corrected chi connectivity index (χ2v) is 4.48. The van der Waals surface area contributed by atoms with Crippen molar-refractivity contribution in [3.05, 3.63) is 23.8 Å². The van der Waals surface area contributed by atoms with Gasteiger partial charge < -0.3 is 15.7 Å². The lowest BCUT2D eigenvalue weighted by Gasteiger charge is -2.24. The van der Waals surface area contributed by atoms with Crippen LogP contribution in [0, 0.1) is 0 Å². The third-order valence-electron chi connectivity index (χ3n) is 3.20. The fourth-order valence-electron chi connectivity index (χ4n) is 2.31. The molecule has 4 heteroatoms. The number of carboxylic acids is 1. The van der Waals surface area contributed by atoms with E-state index in [1.54, 1.807) is 12.1 Å². The highest BCUT2D eigenvalue weighted by Gasteiger charge is 2.17. The first kappa shape index (κ1) is 11.8. The van der Waals surface area contributed by atoms with Crippen molar-refractivity contribution in [1.29, 1.82) is 0 Å². The number of hydrogen-bond acceptors (Lipinski definition) is 3. The number of aromatic carboxylic acids is 1. The lowest BCUT2D eigenvalue weighted by atomic mass is 10.1. The lowest BCUT2D eigenvalue weighted by molar-refractivity contribution is 0.0697. The van der Waals surface area contributed by atoms with Crippen LogP contribution in [0.5, 0.6) is 0 Å². The molecule has 4 nitrogen and oxygen atoms in total. The van der Waals surface area contributed by atoms with Crippen molar-refractivity contribution in [3.8, 4) is 0 Å². The van der Waals surface area contributed by atoms with Crippen LogP contribution in [0.15, 0.2) is 18.2 Å². The van der Waals surface area contributed by atoms with E-state index < -0.39 is 5.97 Å². The SMILES string of the molecule is Nc1ccc(N2CCCCCC2)c(C(=O)O)c1. The quantitative estimate of drug-likeness (QED) is 0.771. The molecule has 0 aromatic heterocycles. The van der Waals surface area contributed by atoms with Gasteiger partial charge in [0, 0.05) is 18.8 Å². The molecule has 2 rings (SSSR count). The van der Waals surface area contributed by atoms with Gasteiger partial charge in [0.05, 0.1) is 11.3 Å². The molecule has 17 heavy (non-hydrogen) atoms. The van der Waals surface area contributed by atoms with E-state index in [0.29, 0.717) is 11.3 Å². The van der Waals surface area contributed by atoms with Crippen LogP contribution in [-0.2, 0) is 0 Å². The molecule has 0 amide bonds. The van der Waals surface area contributed by atoms with Crippen LogP contribution in [-0.4, -0.2) is 24.2 Å².